The summed E-state index contributed by atoms with van der Waals surface area (Å²) >= 11 is 0. The van der Waals surface area contributed by atoms with Gasteiger partial charge in [0.25, 0.3) is 11.5 Å². The summed E-state index contributed by atoms with van der Waals surface area (Å²) in [6.07, 6.45) is 8.68. The first-order chi connectivity index (χ1) is 18.3. The summed E-state index contributed by atoms with van der Waals surface area (Å²) in [6.45, 7) is 5.11. The monoisotopic (exact) mass is 516 g/mol. The molecule has 3 fully saturated rings. The van der Waals surface area contributed by atoms with E-state index in [-0.39, 0.29) is 17.2 Å². The second kappa shape index (κ2) is 9.78. The van der Waals surface area contributed by atoms with Crippen LogP contribution in [0.1, 0.15) is 78.8 Å². The maximum absolute atomic E-state index is 13.5. The van der Waals surface area contributed by atoms with Gasteiger partial charge >= 0.3 is 0 Å². The summed E-state index contributed by atoms with van der Waals surface area (Å²) in [4.78, 5) is 29.3. The van der Waals surface area contributed by atoms with Gasteiger partial charge in [-0.1, -0.05) is 19.1 Å². The summed E-state index contributed by atoms with van der Waals surface area (Å²) in [5, 5.41) is 21.6. The molecule has 9 heteroatoms. The lowest BCUT2D eigenvalue weighted by molar-refractivity contribution is 0.0323. The number of amides is 1. The third-order valence-electron chi connectivity index (χ3n) is 8.41. The van der Waals surface area contributed by atoms with Crippen molar-refractivity contribution < 1.29 is 9.90 Å². The third-order valence-corrected chi connectivity index (χ3v) is 8.41. The first kappa shape index (κ1) is 25.0. The van der Waals surface area contributed by atoms with Crippen LogP contribution in [-0.2, 0) is 19.0 Å². The number of rotatable bonds is 7. The molecule has 1 atom stereocenters. The van der Waals surface area contributed by atoms with Crippen LogP contribution in [0.3, 0.4) is 0 Å². The molecular weight excluding hydrogens is 480 g/mol. The number of carbonyl (C=O) groups is 1. The minimum Gasteiger partial charge on any atom is -0.393 e. The number of likely N-dealkylation sites (tertiary alicyclic amines) is 1. The molecule has 6 rings (SSSR count). The number of aryl methyl sites for hydroxylation is 1. The van der Waals surface area contributed by atoms with E-state index in [0.29, 0.717) is 24.4 Å². The number of nitrogens with zero attached hydrogens (tertiary/aromatic N) is 5. The van der Waals surface area contributed by atoms with E-state index >= 15 is 0 Å². The fourth-order valence-corrected chi connectivity index (χ4v) is 6.32. The van der Waals surface area contributed by atoms with Crippen LogP contribution in [0.25, 0.3) is 0 Å². The Labute approximate surface area is 222 Å². The molecule has 1 saturated heterocycles. The third kappa shape index (κ3) is 4.69. The van der Waals surface area contributed by atoms with Gasteiger partial charge in [0.2, 0.25) is 0 Å². The molecule has 38 heavy (non-hydrogen) atoms. The van der Waals surface area contributed by atoms with Crippen molar-refractivity contribution in [3.05, 3.63) is 75.7 Å². The molecule has 200 valence electrons. The molecule has 1 aromatic carbocycles. The summed E-state index contributed by atoms with van der Waals surface area (Å²) in [7, 11) is 1.90. The summed E-state index contributed by atoms with van der Waals surface area (Å²) in [5.41, 5.74) is 2.08. The largest absolute Gasteiger partial charge is 0.393 e. The van der Waals surface area contributed by atoms with E-state index in [2.05, 4.69) is 27.3 Å². The lowest BCUT2D eigenvalue weighted by atomic mass is 9.62. The number of hydrogen-bond donors (Lipinski definition) is 2. The van der Waals surface area contributed by atoms with Crippen molar-refractivity contribution in [1.82, 2.24) is 24.2 Å². The Balaban J connectivity index is 1.27. The highest BCUT2D eigenvalue weighted by atomic mass is 16.3. The molecule has 3 aliphatic rings. The van der Waals surface area contributed by atoms with Crippen LogP contribution in [0.2, 0.25) is 0 Å². The molecule has 0 unspecified atom stereocenters. The molecule has 0 spiro atoms. The molecule has 2 saturated carbocycles. The first-order valence-electron chi connectivity index (χ1n) is 13.7. The molecule has 2 aromatic heterocycles. The van der Waals surface area contributed by atoms with Crippen molar-refractivity contribution in [3.8, 4) is 0 Å². The van der Waals surface area contributed by atoms with Gasteiger partial charge in [-0.3, -0.25) is 14.5 Å². The summed E-state index contributed by atoms with van der Waals surface area (Å²) < 4.78 is 3.65. The Hall–Kier alpha value is -3.30. The lowest BCUT2D eigenvalue weighted by Gasteiger charge is -2.44. The van der Waals surface area contributed by atoms with Gasteiger partial charge in [0.15, 0.2) is 0 Å². The number of benzene rings is 1. The number of aliphatic hydroxyl groups excluding tert-OH is 1. The second-order valence-electron chi connectivity index (χ2n) is 11.6. The van der Waals surface area contributed by atoms with Gasteiger partial charge in [-0.15, -0.1) is 10.2 Å². The van der Waals surface area contributed by atoms with Gasteiger partial charge in [-0.05, 0) is 80.3 Å². The predicted molar refractivity (Wildman–Crippen MR) is 144 cm³/mol. The van der Waals surface area contributed by atoms with Crippen molar-refractivity contribution in [1.29, 1.82) is 0 Å². The van der Waals surface area contributed by atoms with Gasteiger partial charge < -0.3 is 19.6 Å². The number of pyridine rings is 1. The highest BCUT2D eigenvalue weighted by Gasteiger charge is 2.49. The number of piperidine rings is 1. The fraction of sp³-hybridized carbons (Fsp3) is 0.517. The number of aromatic nitrogens is 4. The number of hydrogen-bond acceptors (Lipinski definition) is 6. The Bertz CT molecular complexity index is 1400. The Morgan fingerprint density at radius 1 is 1.21 bits per heavy atom. The van der Waals surface area contributed by atoms with E-state index in [1.807, 2.05) is 42.1 Å². The minimum atomic E-state index is -0.463. The van der Waals surface area contributed by atoms with E-state index in [9.17, 15) is 14.7 Å². The van der Waals surface area contributed by atoms with Gasteiger partial charge in [0.1, 0.15) is 17.7 Å². The van der Waals surface area contributed by atoms with E-state index < -0.39 is 17.4 Å². The topological polar surface area (TPSA) is 105 Å². The lowest BCUT2D eigenvalue weighted by Crippen LogP contribution is -2.47. The number of carbonyl (C=O) groups excluding carboxylic acids is 1. The zero-order valence-electron chi connectivity index (χ0n) is 22.1. The van der Waals surface area contributed by atoms with Crippen molar-refractivity contribution in [2.24, 2.45) is 13.0 Å². The van der Waals surface area contributed by atoms with Crippen LogP contribution in [0.4, 0.5) is 5.69 Å². The minimum absolute atomic E-state index is 0.187. The smallest absolute Gasteiger partial charge is 0.263 e. The summed E-state index contributed by atoms with van der Waals surface area (Å²) in [5.74, 6) is 1.06. The van der Waals surface area contributed by atoms with Crippen LogP contribution >= 0.6 is 0 Å². The van der Waals surface area contributed by atoms with Gasteiger partial charge in [-0.25, -0.2) is 0 Å². The van der Waals surface area contributed by atoms with Gasteiger partial charge in [0.05, 0.1) is 11.5 Å². The Morgan fingerprint density at radius 3 is 2.71 bits per heavy atom. The maximum Gasteiger partial charge on any atom is 0.263 e. The van der Waals surface area contributed by atoms with Crippen LogP contribution in [0.5, 0.6) is 0 Å². The van der Waals surface area contributed by atoms with E-state index in [0.717, 1.165) is 49.4 Å². The average molecular weight is 517 g/mol. The second-order valence-corrected chi connectivity index (χ2v) is 11.6. The van der Waals surface area contributed by atoms with Crippen molar-refractivity contribution in [2.45, 2.75) is 69.6 Å². The van der Waals surface area contributed by atoms with Crippen molar-refractivity contribution in [3.63, 3.8) is 0 Å². The highest BCUT2D eigenvalue weighted by molar-refractivity contribution is 6.04. The van der Waals surface area contributed by atoms with Crippen LogP contribution < -0.4 is 10.9 Å². The first-order valence-corrected chi connectivity index (χ1v) is 13.7. The maximum atomic E-state index is 13.5. The Kier molecular flexibility index (Phi) is 6.44. The number of anilines is 1. The molecular formula is C29H36N6O3. The molecule has 0 bridgehead atoms. The highest BCUT2D eigenvalue weighted by Crippen LogP contribution is 2.48. The Morgan fingerprint density at radius 2 is 2.03 bits per heavy atom. The van der Waals surface area contributed by atoms with E-state index in [1.54, 1.807) is 17.0 Å². The van der Waals surface area contributed by atoms with Crippen molar-refractivity contribution >= 4 is 11.6 Å². The normalized spacial score (nSPS) is 25.7. The van der Waals surface area contributed by atoms with Crippen LogP contribution in [-0.4, -0.2) is 54.4 Å². The quantitative estimate of drug-likeness (QED) is 0.500. The standard InChI is InChI=1S/C29H36N6O3/c1-19-5-4-10-34(15-19)16-20-11-25(27(38)35(17-20)23-8-9-23)26(37)31-22-7-3-6-21(12-22)29(13-24(36)14-29)28-32-30-18-33(28)2/h3,6-7,11-12,17-19,23-24,36H,4-5,8-10,13-16H2,1-2H3,(H,31,37)/t19-,24?,29?/m0/s1. The van der Waals surface area contributed by atoms with Crippen LogP contribution in [0, 0.1) is 5.92 Å². The number of aliphatic hydroxyl groups is 1. The van der Waals surface area contributed by atoms with Crippen LogP contribution in [0.15, 0.2) is 47.7 Å². The van der Waals surface area contributed by atoms with E-state index in [1.165, 1.54) is 12.8 Å². The molecule has 3 heterocycles. The van der Waals surface area contributed by atoms with E-state index in [4.69, 9.17) is 0 Å². The number of nitrogens with one attached hydrogen (secondary N) is 1. The molecule has 1 amide bonds. The van der Waals surface area contributed by atoms with Gasteiger partial charge in [0, 0.05) is 38.1 Å². The van der Waals surface area contributed by atoms with Gasteiger partial charge in [-0.2, -0.15) is 0 Å². The molecule has 2 aliphatic carbocycles. The molecule has 2 N–H and O–H groups in total. The fourth-order valence-electron chi connectivity index (χ4n) is 6.32. The average Bonchev–Trinajstić information content (AvgIpc) is 3.63. The SMILES string of the molecule is C[C@H]1CCCN(Cc2cc(C(=O)Nc3cccc(C4(c5nncn5C)CC(O)C4)c3)c(=O)n(C3CC3)c2)C1. The zero-order chi connectivity index (χ0) is 26.4. The molecule has 1 aliphatic heterocycles. The molecule has 3 aromatic rings. The zero-order valence-corrected chi connectivity index (χ0v) is 22.1. The predicted octanol–water partition coefficient (Wildman–Crippen LogP) is 3.24. The summed E-state index contributed by atoms with van der Waals surface area (Å²) in [6, 6.07) is 9.62. The molecule has 9 nitrogen and oxygen atoms in total. The van der Waals surface area contributed by atoms with Crippen molar-refractivity contribution in [2.75, 3.05) is 18.4 Å². The molecule has 0 radical (unpaired) electrons.